The zero-order valence-electron chi connectivity index (χ0n) is 16.6. The average molecular weight is 403 g/mol. The molecule has 1 heterocycles. The number of hydrogen-bond acceptors (Lipinski definition) is 6. The fourth-order valence-corrected chi connectivity index (χ4v) is 6.01. The third-order valence-electron chi connectivity index (χ3n) is 7.02. The highest BCUT2D eigenvalue weighted by Gasteiger charge is 2.54. The van der Waals surface area contributed by atoms with Crippen molar-refractivity contribution in [3.8, 4) is 6.07 Å². The number of pyridine rings is 1. The van der Waals surface area contributed by atoms with Crippen LogP contribution < -0.4 is 16.4 Å². The Hall–Kier alpha value is -3.11. The maximum Gasteiger partial charge on any atom is 0.252 e. The van der Waals surface area contributed by atoms with Crippen LogP contribution in [0.1, 0.15) is 48.0 Å². The molecule has 7 nitrogen and oxygen atoms in total. The van der Waals surface area contributed by atoms with Gasteiger partial charge in [0.05, 0.1) is 28.5 Å². The number of carbonyl (C=O) groups excluding carboxylic acids is 1. The predicted molar refractivity (Wildman–Crippen MR) is 113 cm³/mol. The molecule has 4 aliphatic carbocycles. The molecule has 2 aromatic rings. The second-order valence-corrected chi connectivity index (χ2v) is 9.16. The Kier molecular flexibility index (Phi) is 4.40. The lowest BCUT2D eigenvalue weighted by Gasteiger charge is -2.58. The highest BCUT2D eigenvalue weighted by atomic mass is 16.3. The second kappa shape index (κ2) is 6.99. The van der Waals surface area contributed by atoms with Crippen LogP contribution in [0.25, 0.3) is 0 Å². The Morgan fingerprint density at radius 1 is 1.20 bits per heavy atom. The number of primary amides is 1. The van der Waals surface area contributed by atoms with Gasteiger partial charge in [-0.25, -0.2) is 4.98 Å². The largest absolute Gasteiger partial charge is 0.390 e. The summed E-state index contributed by atoms with van der Waals surface area (Å²) < 4.78 is 0. The number of nitrogens with zero attached hydrogens (tertiary/aromatic N) is 2. The highest BCUT2D eigenvalue weighted by molar-refractivity contribution is 5.98. The number of hydrogen-bond donors (Lipinski definition) is 4. The van der Waals surface area contributed by atoms with Crippen molar-refractivity contribution >= 4 is 23.1 Å². The van der Waals surface area contributed by atoms with Crippen LogP contribution in [0.15, 0.2) is 36.5 Å². The van der Waals surface area contributed by atoms with Gasteiger partial charge in [0.15, 0.2) is 0 Å². The third kappa shape index (κ3) is 3.37. The van der Waals surface area contributed by atoms with Crippen LogP contribution in [0.3, 0.4) is 0 Å². The van der Waals surface area contributed by atoms with Crippen molar-refractivity contribution in [3.63, 3.8) is 0 Å². The van der Waals surface area contributed by atoms with Crippen molar-refractivity contribution in [1.82, 2.24) is 4.98 Å². The molecule has 1 aromatic carbocycles. The predicted octanol–water partition coefficient (Wildman–Crippen LogP) is 3.15. The van der Waals surface area contributed by atoms with Gasteiger partial charge in [-0.05, 0) is 74.1 Å². The average Bonchev–Trinajstić information content (AvgIpc) is 2.70. The smallest absolute Gasteiger partial charge is 0.252 e. The number of nitriles is 1. The van der Waals surface area contributed by atoms with E-state index in [1.165, 1.54) is 6.20 Å². The van der Waals surface area contributed by atoms with Crippen LogP contribution in [-0.2, 0) is 0 Å². The number of benzene rings is 1. The van der Waals surface area contributed by atoms with Crippen LogP contribution in [-0.4, -0.2) is 27.6 Å². The molecule has 0 aliphatic heterocycles. The maximum absolute atomic E-state index is 12.0. The minimum atomic E-state index is -0.516. The standard InChI is InChI=1S/C23H25N5O2/c24-11-13-1-3-17(4-2-13)27-20-7-19(18(12-26-20)22(25)29)28-21-15-5-14-6-16(21)10-23(30,8-14)9-15/h1-4,7,12,14-16,21,30H,5-6,8-10H2,(H2,25,29)(H2,26,27,28)/t14?,15-,16+,21?,23?. The Morgan fingerprint density at radius 3 is 2.50 bits per heavy atom. The zero-order valence-corrected chi connectivity index (χ0v) is 16.6. The first kappa shape index (κ1) is 18.9. The Balaban J connectivity index is 1.40. The molecular formula is C23H25N5O2. The van der Waals surface area contributed by atoms with Gasteiger partial charge < -0.3 is 21.5 Å². The van der Waals surface area contributed by atoms with E-state index in [4.69, 9.17) is 11.0 Å². The van der Waals surface area contributed by atoms with Crippen LogP contribution >= 0.6 is 0 Å². The van der Waals surface area contributed by atoms with Gasteiger partial charge in [0, 0.05) is 24.0 Å². The minimum absolute atomic E-state index is 0.227. The lowest BCUT2D eigenvalue weighted by Crippen LogP contribution is -2.59. The summed E-state index contributed by atoms with van der Waals surface area (Å²) in [5.74, 6) is 1.51. The highest BCUT2D eigenvalue weighted by Crippen LogP contribution is 2.56. The molecule has 4 aliphatic rings. The first-order chi connectivity index (χ1) is 14.4. The van der Waals surface area contributed by atoms with E-state index in [1.807, 2.05) is 18.2 Å². The molecule has 1 amide bonds. The molecule has 1 aromatic heterocycles. The number of anilines is 3. The van der Waals surface area contributed by atoms with E-state index >= 15 is 0 Å². The molecule has 5 N–H and O–H groups in total. The van der Waals surface area contributed by atoms with Gasteiger partial charge in [-0.3, -0.25) is 4.79 Å². The second-order valence-electron chi connectivity index (χ2n) is 9.16. The van der Waals surface area contributed by atoms with Gasteiger partial charge in [-0.2, -0.15) is 5.26 Å². The van der Waals surface area contributed by atoms with Crippen LogP contribution in [0.2, 0.25) is 0 Å². The zero-order chi connectivity index (χ0) is 20.9. The Bertz CT molecular complexity index is 1010. The normalized spacial score (nSPS) is 31.2. The molecule has 0 saturated heterocycles. The van der Waals surface area contributed by atoms with Crippen molar-refractivity contribution in [2.45, 2.75) is 43.7 Å². The molecule has 6 rings (SSSR count). The minimum Gasteiger partial charge on any atom is -0.390 e. The molecule has 0 radical (unpaired) electrons. The SMILES string of the molecule is N#Cc1ccc(Nc2cc(NC3[C@@H]4CC5C[C@H]3CC(O)(C5)C4)c(C(N)=O)cn2)cc1. The van der Waals surface area contributed by atoms with E-state index in [0.717, 1.165) is 37.8 Å². The van der Waals surface area contributed by atoms with E-state index < -0.39 is 11.5 Å². The number of aromatic nitrogens is 1. The number of rotatable bonds is 5. The number of amides is 1. The van der Waals surface area contributed by atoms with Crippen LogP contribution in [0.4, 0.5) is 17.2 Å². The Morgan fingerprint density at radius 2 is 1.90 bits per heavy atom. The number of aliphatic hydroxyl groups is 1. The summed E-state index contributed by atoms with van der Waals surface area (Å²) in [6.07, 6.45) is 6.34. The fraction of sp³-hybridized carbons (Fsp3) is 0.435. The maximum atomic E-state index is 12.0. The lowest BCUT2D eigenvalue weighted by molar-refractivity contribution is -0.129. The van der Waals surface area contributed by atoms with E-state index in [-0.39, 0.29) is 6.04 Å². The monoisotopic (exact) mass is 403 g/mol. The van der Waals surface area contributed by atoms with E-state index in [0.29, 0.717) is 40.4 Å². The van der Waals surface area contributed by atoms with Gasteiger partial charge in [0.2, 0.25) is 0 Å². The van der Waals surface area contributed by atoms with Gasteiger partial charge in [-0.1, -0.05) is 0 Å². The van der Waals surface area contributed by atoms with Gasteiger partial charge in [-0.15, -0.1) is 0 Å². The first-order valence-corrected chi connectivity index (χ1v) is 10.5. The molecule has 3 unspecified atom stereocenters. The Labute approximate surface area is 175 Å². The molecule has 4 fully saturated rings. The van der Waals surface area contributed by atoms with Crippen LogP contribution in [0, 0.1) is 29.1 Å². The van der Waals surface area contributed by atoms with E-state index in [9.17, 15) is 9.90 Å². The number of nitrogens with one attached hydrogen (secondary N) is 2. The van der Waals surface area contributed by atoms with Crippen molar-refractivity contribution in [2.24, 2.45) is 23.5 Å². The summed E-state index contributed by atoms with van der Waals surface area (Å²) in [6, 6.07) is 11.2. The molecule has 154 valence electrons. The molecule has 0 spiro atoms. The third-order valence-corrected chi connectivity index (χ3v) is 7.02. The quantitative estimate of drug-likeness (QED) is 0.608. The summed E-state index contributed by atoms with van der Waals surface area (Å²) in [7, 11) is 0. The summed E-state index contributed by atoms with van der Waals surface area (Å²) in [4.78, 5) is 16.3. The van der Waals surface area contributed by atoms with Gasteiger partial charge >= 0.3 is 0 Å². The van der Waals surface area contributed by atoms with Crippen molar-refractivity contribution in [2.75, 3.05) is 10.6 Å². The summed E-state index contributed by atoms with van der Waals surface area (Å²) >= 11 is 0. The van der Waals surface area contributed by atoms with Gasteiger partial charge in [0.25, 0.3) is 5.91 Å². The van der Waals surface area contributed by atoms with Crippen LogP contribution in [0.5, 0.6) is 0 Å². The summed E-state index contributed by atoms with van der Waals surface area (Å²) in [5.41, 5.74) is 7.55. The molecular weight excluding hydrogens is 378 g/mol. The van der Waals surface area contributed by atoms with Crippen molar-refractivity contribution in [3.05, 3.63) is 47.7 Å². The van der Waals surface area contributed by atoms with E-state index in [1.54, 1.807) is 12.1 Å². The number of nitrogens with two attached hydrogens (primary N) is 1. The first-order valence-electron chi connectivity index (χ1n) is 10.5. The summed E-state index contributed by atoms with van der Waals surface area (Å²) in [5, 5.41) is 26.6. The molecule has 5 atom stereocenters. The van der Waals surface area contributed by atoms with Crippen molar-refractivity contribution < 1.29 is 9.90 Å². The van der Waals surface area contributed by atoms with E-state index in [2.05, 4.69) is 21.7 Å². The van der Waals surface area contributed by atoms with Crippen molar-refractivity contribution in [1.29, 1.82) is 5.26 Å². The molecule has 4 saturated carbocycles. The summed E-state index contributed by atoms with van der Waals surface area (Å²) in [6.45, 7) is 0. The lowest BCUT2D eigenvalue weighted by atomic mass is 9.52. The fourth-order valence-electron chi connectivity index (χ4n) is 6.01. The van der Waals surface area contributed by atoms with Gasteiger partial charge in [0.1, 0.15) is 5.82 Å². The molecule has 4 bridgehead atoms. The molecule has 30 heavy (non-hydrogen) atoms. The number of carbonyl (C=O) groups is 1. The molecule has 7 heteroatoms. The topological polar surface area (TPSA) is 124 Å².